The molecular weight excluding hydrogens is 296 g/mol. The summed E-state index contributed by atoms with van der Waals surface area (Å²) in [5.74, 6) is 0. The summed E-state index contributed by atoms with van der Waals surface area (Å²) in [6, 6.07) is 2.08. The Morgan fingerprint density at radius 2 is 2.09 bits per heavy atom. The number of urea groups is 1. The summed E-state index contributed by atoms with van der Waals surface area (Å²) >= 11 is 0. The van der Waals surface area contributed by atoms with Gasteiger partial charge < -0.3 is 20.3 Å². The first kappa shape index (κ1) is 16.3. The van der Waals surface area contributed by atoms with Crippen molar-refractivity contribution >= 4 is 6.03 Å². The zero-order chi connectivity index (χ0) is 16.1. The first-order valence-electron chi connectivity index (χ1n) is 8.58. The second-order valence-electron chi connectivity index (χ2n) is 6.55. The molecule has 23 heavy (non-hydrogen) atoms. The van der Waals surface area contributed by atoms with Crippen LogP contribution in [0.5, 0.6) is 0 Å². The molecule has 128 valence electrons. The number of rotatable bonds is 4. The maximum atomic E-state index is 11.9. The summed E-state index contributed by atoms with van der Waals surface area (Å²) < 4.78 is 4.73. The molecule has 7 heteroatoms. The number of piperidine rings is 1. The van der Waals surface area contributed by atoms with Crippen molar-refractivity contribution in [3.63, 3.8) is 0 Å². The lowest BCUT2D eigenvalue weighted by atomic mass is 9.89. The van der Waals surface area contributed by atoms with Gasteiger partial charge in [0.15, 0.2) is 0 Å². The predicted octanol–water partition coefficient (Wildman–Crippen LogP) is 1.24. The van der Waals surface area contributed by atoms with E-state index >= 15 is 0 Å². The van der Waals surface area contributed by atoms with Gasteiger partial charge >= 0.3 is 6.03 Å². The number of nitrogens with one attached hydrogen (secondary N) is 2. The third kappa shape index (κ3) is 4.45. The van der Waals surface area contributed by atoms with E-state index in [9.17, 15) is 9.90 Å². The maximum absolute atomic E-state index is 11.9. The summed E-state index contributed by atoms with van der Waals surface area (Å²) in [6.07, 6.45) is 7.54. The highest BCUT2D eigenvalue weighted by atomic mass is 16.5. The number of hydrogen-bond donors (Lipinski definition) is 3. The predicted molar refractivity (Wildman–Crippen MR) is 84.7 cm³/mol. The summed E-state index contributed by atoms with van der Waals surface area (Å²) in [5.41, 5.74) is 0.709. The number of aliphatic hydroxyl groups is 1. The van der Waals surface area contributed by atoms with Gasteiger partial charge in [-0.15, -0.1) is 0 Å². The SMILES string of the molecule is O=C(NCc1ccon1)NC1CCN(C2CCCCC2O)CC1. The molecule has 7 nitrogen and oxygen atoms in total. The highest BCUT2D eigenvalue weighted by Gasteiger charge is 2.31. The van der Waals surface area contributed by atoms with Gasteiger partial charge in [-0.2, -0.15) is 0 Å². The van der Waals surface area contributed by atoms with Gasteiger partial charge in [0.1, 0.15) is 12.0 Å². The molecule has 1 saturated heterocycles. The topological polar surface area (TPSA) is 90.6 Å². The van der Waals surface area contributed by atoms with Crippen LogP contribution >= 0.6 is 0 Å². The Morgan fingerprint density at radius 3 is 2.78 bits per heavy atom. The van der Waals surface area contributed by atoms with Crippen molar-refractivity contribution < 1.29 is 14.4 Å². The number of carbonyl (C=O) groups is 1. The monoisotopic (exact) mass is 322 g/mol. The van der Waals surface area contributed by atoms with E-state index in [1.165, 1.54) is 12.7 Å². The van der Waals surface area contributed by atoms with Crippen molar-refractivity contribution in [3.8, 4) is 0 Å². The van der Waals surface area contributed by atoms with Gasteiger partial charge in [0.05, 0.1) is 12.6 Å². The highest BCUT2D eigenvalue weighted by Crippen LogP contribution is 2.25. The first-order valence-corrected chi connectivity index (χ1v) is 8.58. The Morgan fingerprint density at radius 1 is 1.30 bits per heavy atom. The minimum absolute atomic E-state index is 0.163. The zero-order valence-electron chi connectivity index (χ0n) is 13.4. The lowest BCUT2D eigenvalue weighted by molar-refractivity contribution is 0.00777. The summed E-state index contributed by atoms with van der Waals surface area (Å²) in [6.45, 7) is 2.25. The molecule has 1 aromatic heterocycles. The van der Waals surface area contributed by atoms with E-state index in [1.807, 2.05) is 0 Å². The molecule has 2 fully saturated rings. The van der Waals surface area contributed by atoms with Gasteiger partial charge in [-0.25, -0.2) is 4.79 Å². The van der Waals surface area contributed by atoms with Crippen molar-refractivity contribution in [2.75, 3.05) is 13.1 Å². The molecule has 0 aromatic carbocycles. The fourth-order valence-electron chi connectivity index (χ4n) is 3.63. The number of aliphatic hydroxyl groups excluding tert-OH is 1. The molecule has 2 atom stereocenters. The Kier molecular flexibility index (Phi) is 5.51. The molecular formula is C16H26N4O3. The number of likely N-dealkylation sites (tertiary alicyclic amines) is 1. The molecule has 2 amide bonds. The van der Waals surface area contributed by atoms with Crippen LogP contribution in [0, 0.1) is 0 Å². The molecule has 0 bridgehead atoms. The molecule has 3 N–H and O–H groups in total. The van der Waals surface area contributed by atoms with E-state index in [-0.39, 0.29) is 18.2 Å². The minimum Gasteiger partial charge on any atom is -0.391 e. The zero-order valence-corrected chi connectivity index (χ0v) is 13.4. The van der Waals surface area contributed by atoms with Crippen molar-refractivity contribution in [2.45, 2.75) is 63.3 Å². The van der Waals surface area contributed by atoms with Crippen LogP contribution < -0.4 is 10.6 Å². The first-order chi connectivity index (χ1) is 11.2. The van der Waals surface area contributed by atoms with Crippen LogP contribution in [-0.2, 0) is 6.54 Å². The molecule has 2 aliphatic rings. The molecule has 1 aromatic rings. The van der Waals surface area contributed by atoms with Crippen molar-refractivity contribution in [1.29, 1.82) is 0 Å². The Labute approximate surface area is 136 Å². The largest absolute Gasteiger partial charge is 0.391 e. The Balaban J connectivity index is 1.37. The number of aromatic nitrogens is 1. The molecule has 0 spiro atoms. The third-order valence-corrected chi connectivity index (χ3v) is 4.95. The quantitative estimate of drug-likeness (QED) is 0.776. The van der Waals surface area contributed by atoms with E-state index in [0.717, 1.165) is 45.2 Å². The van der Waals surface area contributed by atoms with Crippen LogP contribution in [0.1, 0.15) is 44.2 Å². The average molecular weight is 322 g/mol. The van der Waals surface area contributed by atoms with E-state index < -0.39 is 0 Å². The van der Waals surface area contributed by atoms with Crippen LogP contribution in [0.4, 0.5) is 4.79 Å². The summed E-state index contributed by atoms with van der Waals surface area (Å²) in [4.78, 5) is 14.3. The number of amides is 2. The third-order valence-electron chi connectivity index (χ3n) is 4.95. The summed E-state index contributed by atoms with van der Waals surface area (Å²) in [5, 5.41) is 19.7. The second-order valence-corrected chi connectivity index (χ2v) is 6.55. The van der Waals surface area contributed by atoms with Crippen LogP contribution in [0.15, 0.2) is 16.9 Å². The lowest BCUT2D eigenvalue weighted by Gasteiger charge is -2.41. The van der Waals surface area contributed by atoms with Gasteiger partial charge in [0, 0.05) is 31.2 Å². The molecule has 3 rings (SSSR count). The van der Waals surface area contributed by atoms with Gasteiger partial charge in [0.25, 0.3) is 0 Å². The Hall–Kier alpha value is -1.60. The van der Waals surface area contributed by atoms with Crippen molar-refractivity contribution in [2.24, 2.45) is 0 Å². The van der Waals surface area contributed by atoms with E-state index in [2.05, 4.69) is 20.7 Å². The van der Waals surface area contributed by atoms with Gasteiger partial charge in [-0.05, 0) is 25.7 Å². The highest BCUT2D eigenvalue weighted by molar-refractivity contribution is 5.74. The number of carbonyl (C=O) groups excluding carboxylic acids is 1. The van der Waals surface area contributed by atoms with Gasteiger partial charge in [0.2, 0.25) is 0 Å². The molecule has 2 heterocycles. The molecule has 2 unspecified atom stereocenters. The smallest absolute Gasteiger partial charge is 0.315 e. The fraction of sp³-hybridized carbons (Fsp3) is 0.750. The van der Waals surface area contributed by atoms with Gasteiger partial charge in [-0.3, -0.25) is 4.90 Å². The number of nitrogens with zero attached hydrogens (tertiary/aromatic N) is 2. The summed E-state index contributed by atoms with van der Waals surface area (Å²) in [7, 11) is 0. The molecule has 1 saturated carbocycles. The van der Waals surface area contributed by atoms with Crippen molar-refractivity contribution in [1.82, 2.24) is 20.7 Å². The van der Waals surface area contributed by atoms with E-state index in [1.54, 1.807) is 6.07 Å². The van der Waals surface area contributed by atoms with Gasteiger partial charge in [-0.1, -0.05) is 18.0 Å². The van der Waals surface area contributed by atoms with E-state index in [4.69, 9.17) is 4.52 Å². The molecule has 1 aliphatic heterocycles. The molecule has 0 radical (unpaired) electrons. The van der Waals surface area contributed by atoms with Crippen LogP contribution in [-0.4, -0.2) is 52.5 Å². The number of hydrogen-bond acceptors (Lipinski definition) is 5. The fourth-order valence-corrected chi connectivity index (χ4v) is 3.63. The minimum atomic E-state index is -0.181. The van der Waals surface area contributed by atoms with E-state index in [0.29, 0.717) is 18.3 Å². The lowest BCUT2D eigenvalue weighted by Crippen LogP contribution is -2.53. The normalized spacial score (nSPS) is 26.8. The molecule has 1 aliphatic carbocycles. The van der Waals surface area contributed by atoms with Crippen LogP contribution in [0.25, 0.3) is 0 Å². The Bertz CT molecular complexity index is 486. The maximum Gasteiger partial charge on any atom is 0.315 e. The van der Waals surface area contributed by atoms with Crippen LogP contribution in [0.3, 0.4) is 0 Å². The average Bonchev–Trinajstić information content (AvgIpc) is 3.08. The van der Waals surface area contributed by atoms with Crippen LogP contribution in [0.2, 0.25) is 0 Å². The van der Waals surface area contributed by atoms with Crippen molar-refractivity contribution in [3.05, 3.63) is 18.0 Å². The standard InChI is InChI=1S/C16H26N4O3/c21-15-4-2-1-3-14(15)20-8-5-12(6-9-20)18-16(22)17-11-13-7-10-23-19-13/h7,10,12,14-15,21H,1-6,8-9,11H2,(H2,17,18,22). The second kappa shape index (κ2) is 7.79.